The Bertz CT molecular complexity index is 726. The van der Waals surface area contributed by atoms with Gasteiger partial charge in [0.1, 0.15) is 11.5 Å². The van der Waals surface area contributed by atoms with Crippen LogP contribution in [0.15, 0.2) is 48.5 Å². The molecule has 1 fully saturated rings. The van der Waals surface area contributed by atoms with Gasteiger partial charge >= 0.3 is 0 Å². The van der Waals surface area contributed by atoms with E-state index in [9.17, 15) is 10.2 Å². The van der Waals surface area contributed by atoms with Crippen LogP contribution in [0.3, 0.4) is 0 Å². The summed E-state index contributed by atoms with van der Waals surface area (Å²) >= 11 is 0. The molecule has 1 heterocycles. The number of hydrogen-bond acceptors (Lipinski definition) is 4. The van der Waals surface area contributed by atoms with Gasteiger partial charge < -0.3 is 10.2 Å². The first-order chi connectivity index (χ1) is 13.4. The van der Waals surface area contributed by atoms with Crippen molar-refractivity contribution < 1.29 is 10.2 Å². The number of phenols is 2. The first-order valence-electron chi connectivity index (χ1n) is 10.4. The molecule has 0 aromatic heterocycles. The van der Waals surface area contributed by atoms with Crippen LogP contribution < -0.4 is 0 Å². The molecule has 0 unspecified atom stereocenters. The monoisotopic (exact) mass is 382 g/mol. The van der Waals surface area contributed by atoms with Crippen LogP contribution >= 0.6 is 0 Å². The van der Waals surface area contributed by atoms with E-state index in [-0.39, 0.29) is 17.5 Å². The van der Waals surface area contributed by atoms with Crippen LogP contribution in [-0.4, -0.2) is 39.8 Å². The van der Waals surface area contributed by atoms with E-state index >= 15 is 0 Å². The summed E-state index contributed by atoms with van der Waals surface area (Å²) in [7, 11) is 0. The van der Waals surface area contributed by atoms with E-state index in [2.05, 4.69) is 37.5 Å². The molecule has 0 aliphatic carbocycles. The minimum Gasteiger partial charge on any atom is -0.508 e. The molecule has 1 aliphatic heterocycles. The fourth-order valence-corrected chi connectivity index (χ4v) is 4.54. The molecule has 0 saturated carbocycles. The van der Waals surface area contributed by atoms with Crippen LogP contribution in [0, 0.1) is 5.41 Å². The van der Waals surface area contributed by atoms with Gasteiger partial charge in [-0.15, -0.1) is 0 Å². The lowest BCUT2D eigenvalue weighted by Crippen LogP contribution is -2.56. The predicted octanol–water partition coefficient (Wildman–Crippen LogP) is 5.30. The Labute approximate surface area is 169 Å². The van der Waals surface area contributed by atoms with Crippen molar-refractivity contribution >= 4 is 0 Å². The molecule has 28 heavy (non-hydrogen) atoms. The van der Waals surface area contributed by atoms with Gasteiger partial charge in [-0.1, -0.05) is 50.2 Å². The Hall–Kier alpha value is -2.04. The van der Waals surface area contributed by atoms with Gasteiger partial charge in [0, 0.05) is 36.3 Å². The van der Waals surface area contributed by atoms with Crippen molar-refractivity contribution in [1.82, 2.24) is 9.80 Å². The zero-order valence-electron chi connectivity index (χ0n) is 17.6. The maximum atomic E-state index is 10.4. The summed E-state index contributed by atoms with van der Waals surface area (Å²) < 4.78 is 0. The van der Waals surface area contributed by atoms with Crippen molar-refractivity contribution in [3.8, 4) is 11.5 Å². The van der Waals surface area contributed by atoms with Gasteiger partial charge in [-0.05, 0) is 44.2 Å². The molecule has 3 rings (SSSR count). The molecule has 0 radical (unpaired) electrons. The Morgan fingerprint density at radius 3 is 1.54 bits per heavy atom. The topological polar surface area (TPSA) is 46.9 Å². The van der Waals surface area contributed by atoms with E-state index < -0.39 is 0 Å². The van der Waals surface area contributed by atoms with Gasteiger partial charge in [0.15, 0.2) is 0 Å². The Kier molecular flexibility index (Phi) is 6.31. The maximum Gasteiger partial charge on any atom is 0.120 e. The molecule has 152 valence electrons. The van der Waals surface area contributed by atoms with E-state index in [4.69, 9.17) is 0 Å². The third-order valence-electron chi connectivity index (χ3n) is 6.81. The molecular weight excluding hydrogens is 348 g/mol. The van der Waals surface area contributed by atoms with Gasteiger partial charge in [-0.3, -0.25) is 9.80 Å². The van der Waals surface area contributed by atoms with Gasteiger partial charge in [0.25, 0.3) is 0 Å². The Morgan fingerprint density at radius 1 is 0.786 bits per heavy atom. The number of nitrogens with zero attached hydrogens (tertiary/aromatic N) is 2. The van der Waals surface area contributed by atoms with E-state index in [1.165, 1.54) is 0 Å². The highest BCUT2D eigenvalue weighted by atomic mass is 16.3. The Balaban J connectivity index is 1.91. The maximum absolute atomic E-state index is 10.4. The normalized spacial score (nSPS) is 20.0. The van der Waals surface area contributed by atoms with Crippen molar-refractivity contribution in [2.75, 3.05) is 19.8 Å². The average molecular weight is 383 g/mol. The van der Waals surface area contributed by atoms with Crippen LogP contribution in [-0.2, 0) is 0 Å². The Morgan fingerprint density at radius 2 is 1.18 bits per heavy atom. The molecule has 4 nitrogen and oxygen atoms in total. The highest BCUT2D eigenvalue weighted by molar-refractivity contribution is 5.35. The van der Waals surface area contributed by atoms with Gasteiger partial charge in [-0.25, -0.2) is 0 Å². The lowest BCUT2D eigenvalue weighted by molar-refractivity contribution is -0.0504. The number of phenolic OH excluding ortho intramolecular Hbond substituents is 2. The second-order valence-electron chi connectivity index (χ2n) is 8.31. The van der Waals surface area contributed by atoms with Crippen LogP contribution in [0.2, 0.25) is 0 Å². The molecular formula is C24H34N2O2. The third kappa shape index (κ3) is 4.03. The van der Waals surface area contributed by atoms with E-state index in [0.717, 1.165) is 43.7 Å². The lowest BCUT2D eigenvalue weighted by atomic mass is 9.78. The van der Waals surface area contributed by atoms with E-state index in [0.29, 0.717) is 11.5 Å². The van der Waals surface area contributed by atoms with Crippen molar-refractivity contribution in [1.29, 1.82) is 0 Å². The highest BCUT2D eigenvalue weighted by Gasteiger charge is 2.40. The molecule has 2 aromatic carbocycles. The summed E-state index contributed by atoms with van der Waals surface area (Å²) in [5.74, 6) is 0.721. The van der Waals surface area contributed by atoms with Gasteiger partial charge in [0.2, 0.25) is 0 Å². The molecule has 2 aromatic rings. The van der Waals surface area contributed by atoms with Crippen LogP contribution in [0.4, 0.5) is 0 Å². The van der Waals surface area contributed by atoms with Crippen molar-refractivity contribution in [2.45, 2.75) is 52.6 Å². The van der Waals surface area contributed by atoms with Crippen LogP contribution in [0.1, 0.15) is 63.7 Å². The molecule has 2 N–H and O–H groups in total. The highest BCUT2D eigenvalue weighted by Crippen LogP contribution is 2.41. The minimum absolute atomic E-state index is 0.123. The zero-order chi connectivity index (χ0) is 20.3. The summed E-state index contributed by atoms with van der Waals surface area (Å²) in [6.45, 7) is 11.8. The summed E-state index contributed by atoms with van der Waals surface area (Å²) in [4.78, 5) is 4.95. The quantitative estimate of drug-likeness (QED) is 0.711. The standard InChI is InChI=1S/C24H34N2O2/c1-5-24(6-2)15-25(18(3)20-11-7-9-13-22(20)27)17-26(16-24)19(4)21-12-8-10-14-23(21)28/h7-14,18-19,27-28H,5-6,15-17H2,1-4H3/t18-,19-/m0/s1. The minimum atomic E-state index is 0.123. The average Bonchev–Trinajstić information content (AvgIpc) is 2.73. The van der Waals surface area contributed by atoms with E-state index in [1.807, 2.05) is 36.4 Å². The summed E-state index contributed by atoms with van der Waals surface area (Å²) in [6.07, 6.45) is 2.22. The molecule has 1 saturated heterocycles. The summed E-state index contributed by atoms with van der Waals surface area (Å²) in [5.41, 5.74) is 2.15. The second-order valence-corrected chi connectivity index (χ2v) is 8.31. The van der Waals surface area contributed by atoms with Crippen molar-refractivity contribution in [2.24, 2.45) is 5.41 Å². The first-order valence-corrected chi connectivity index (χ1v) is 10.4. The summed E-state index contributed by atoms with van der Waals surface area (Å²) in [6, 6.07) is 15.5. The zero-order valence-corrected chi connectivity index (χ0v) is 17.6. The van der Waals surface area contributed by atoms with Crippen LogP contribution in [0.25, 0.3) is 0 Å². The predicted molar refractivity (Wildman–Crippen MR) is 114 cm³/mol. The smallest absolute Gasteiger partial charge is 0.120 e. The van der Waals surface area contributed by atoms with Crippen molar-refractivity contribution in [3.63, 3.8) is 0 Å². The van der Waals surface area contributed by atoms with Gasteiger partial charge in [0.05, 0.1) is 6.67 Å². The number of benzene rings is 2. The largest absolute Gasteiger partial charge is 0.508 e. The fraction of sp³-hybridized carbons (Fsp3) is 0.500. The molecule has 1 aliphatic rings. The third-order valence-corrected chi connectivity index (χ3v) is 6.81. The number of aromatic hydroxyl groups is 2. The molecule has 4 heteroatoms. The first kappa shape index (κ1) is 20.7. The molecule has 0 bridgehead atoms. The molecule has 2 atom stereocenters. The fourth-order valence-electron chi connectivity index (χ4n) is 4.54. The lowest BCUT2D eigenvalue weighted by Gasteiger charge is -2.51. The van der Waals surface area contributed by atoms with Gasteiger partial charge in [-0.2, -0.15) is 0 Å². The number of rotatable bonds is 6. The molecule has 0 amide bonds. The van der Waals surface area contributed by atoms with E-state index in [1.54, 1.807) is 12.1 Å². The number of para-hydroxylation sites is 2. The second kappa shape index (κ2) is 8.54. The van der Waals surface area contributed by atoms with Crippen molar-refractivity contribution in [3.05, 3.63) is 59.7 Å². The molecule has 0 spiro atoms. The summed E-state index contributed by atoms with van der Waals surface area (Å²) in [5, 5.41) is 20.7. The SMILES string of the molecule is CCC1(CC)CN([C@@H](C)c2ccccc2O)CN([C@@H](C)c2ccccc2O)C1. The van der Waals surface area contributed by atoms with Crippen LogP contribution in [0.5, 0.6) is 11.5 Å². The number of hydrogen-bond donors (Lipinski definition) is 2.